The highest BCUT2D eigenvalue weighted by Gasteiger charge is 2.36. The Morgan fingerprint density at radius 3 is 2.57 bits per heavy atom. The third kappa shape index (κ3) is 4.09. The number of fused-ring (bicyclic) bond motifs is 1. The molecule has 0 saturated carbocycles. The number of hydrogen-bond acceptors (Lipinski definition) is 2. The van der Waals surface area contributed by atoms with Crippen LogP contribution in [0.5, 0.6) is 0 Å². The molecule has 1 aliphatic rings. The highest BCUT2D eigenvalue weighted by atomic mass is 79.9. The first-order chi connectivity index (χ1) is 10.6. The lowest BCUT2D eigenvalue weighted by molar-refractivity contribution is 0.0550. The highest BCUT2D eigenvalue weighted by molar-refractivity contribution is 9.10. The van der Waals surface area contributed by atoms with E-state index in [1.807, 2.05) is 25.7 Å². The van der Waals surface area contributed by atoms with Crippen molar-refractivity contribution >= 4 is 27.7 Å². The van der Waals surface area contributed by atoms with Gasteiger partial charge in [0.25, 0.3) is 0 Å². The first-order valence-electron chi connectivity index (χ1n) is 8.47. The van der Waals surface area contributed by atoms with Crippen LogP contribution in [0.25, 0.3) is 0 Å². The van der Waals surface area contributed by atoms with Gasteiger partial charge in [-0.3, -0.25) is 4.90 Å². The molecule has 1 atom stereocenters. The molecule has 0 aromatic heterocycles. The second-order valence-corrected chi connectivity index (χ2v) is 8.54. The van der Waals surface area contributed by atoms with Gasteiger partial charge in [-0.25, -0.2) is 4.79 Å². The average molecular weight is 382 g/mol. The third-order valence-corrected chi connectivity index (χ3v) is 4.71. The monoisotopic (exact) mass is 381 g/mol. The van der Waals surface area contributed by atoms with Crippen molar-refractivity contribution in [3.8, 4) is 0 Å². The minimum Gasteiger partial charge on any atom is -0.443 e. The third-order valence-electron chi connectivity index (χ3n) is 4.26. The van der Waals surface area contributed by atoms with Crippen LogP contribution in [-0.2, 0) is 17.6 Å². The van der Waals surface area contributed by atoms with E-state index in [0.717, 1.165) is 29.4 Å². The van der Waals surface area contributed by atoms with Gasteiger partial charge in [0.15, 0.2) is 0 Å². The van der Waals surface area contributed by atoms with E-state index in [0.29, 0.717) is 5.92 Å². The van der Waals surface area contributed by atoms with Crippen molar-refractivity contribution in [1.82, 2.24) is 0 Å². The molecule has 0 saturated heterocycles. The number of rotatable bonds is 2. The van der Waals surface area contributed by atoms with E-state index in [9.17, 15) is 4.79 Å². The van der Waals surface area contributed by atoms with Gasteiger partial charge in [-0.1, -0.05) is 36.7 Å². The summed E-state index contributed by atoms with van der Waals surface area (Å²) in [5, 5.41) is 0. The molecule has 0 aliphatic carbocycles. The van der Waals surface area contributed by atoms with Gasteiger partial charge in [0.05, 0.1) is 5.69 Å². The standard InChI is InChI=1S/C19H28BrNO2/c1-7-13-10-15(20)11-14-8-9-16(12(2)3)21(17(13)14)18(22)23-19(4,5)6/h10-12,16H,7-9H2,1-6H3. The normalized spacial score (nSPS) is 18.1. The molecule has 1 aliphatic heterocycles. The van der Waals surface area contributed by atoms with Crippen molar-refractivity contribution in [1.29, 1.82) is 0 Å². The van der Waals surface area contributed by atoms with Crippen LogP contribution in [0.4, 0.5) is 10.5 Å². The lowest BCUT2D eigenvalue weighted by Crippen LogP contribution is -2.49. The summed E-state index contributed by atoms with van der Waals surface area (Å²) in [5.41, 5.74) is 3.01. The molecule has 0 radical (unpaired) electrons. The van der Waals surface area contributed by atoms with Crippen LogP contribution in [0.2, 0.25) is 0 Å². The minimum atomic E-state index is -0.488. The van der Waals surface area contributed by atoms with Gasteiger partial charge >= 0.3 is 6.09 Å². The molecular weight excluding hydrogens is 354 g/mol. The maximum absolute atomic E-state index is 12.9. The van der Waals surface area contributed by atoms with Crippen LogP contribution in [0.1, 0.15) is 59.1 Å². The molecule has 128 valence electrons. The second-order valence-electron chi connectivity index (χ2n) is 7.63. The fourth-order valence-electron chi connectivity index (χ4n) is 3.25. The highest BCUT2D eigenvalue weighted by Crippen LogP contribution is 2.39. The number of benzene rings is 1. The Kier molecular flexibility index (Phi) is 5.44. The summed E-state index contributed by atoms with van der Waals surface area (Å²) in [6, 6.07) is 4.45. The summed E-state index contributed by atoms with van der Waals surface area (Å²) in [4.78, 5) is 14.9. The summed E-state index contributed by atoms with van der Waals surface area (Å²) in [5.74, 6) is 0.393. The Hall–Kier alpha value is -1.03. The van der Waals surface area contributed by atoms with Gasteiger partial charge in [0, 0.05) is 10.5 Å². The van der Waals surface area contributed by atoms with E-state index in [4.69, 9.17) is 4.74 Å². The van der Waals surface area contributed by atoms with Crippen LogP contribution < -0.4 is 4.90 Å². The van der Waals surface area contributed by atoms with Crippen molar-refractivity contribution in [3.05, 3.63) is 27.7 Å². The van der Waals surface area contributed by atoms with E-state index in [2.05, 4.69) is 48.8 Å². The molecule has 2 rings (SSSR count). The number of amides is 1. The smallest absolute Gasteiger partial charge is 0.415 e. The second kappa shape index (κ2) is 6.84. The fraction of sp³-hybridized carbons (Fsp3) is 0.632. The van der Waals surface area contributed by atoms with E-state index < -0.39 is 5.60 Å². The number of ether oxygens (including phenoxy) is 1. The molecule has 23 heavy (non-hydrogen) atoms. The molecule has 0 fully saturated rings. The Bertz CT molecular complexity index is 573. The molecule has 0 bridgehead atoms. The van der Waals surface area contributed by atoms with E-state index in [1.165, 1.54) is 11.1 Å². The van der Waals surface area contributed by atoms with E-state index in [-0.39, 0.29) is 12.1 Å². The molecule has 1 aromatic carbocycles. The zero-order valence-corrected chi connectivity index (χ0v) is 16.7. The average Bonchev–Trinajstić information content (AvgIpc) is 2.42. The van der Waals surface area contributed by atoms with Gasteiger partial charge in [-0.05, 0) is 69.2 Å². The number of aryl methyl sites for hydroxylation is 2. The maximum atomic E-state index is 12.9. The molecular formula is C19H28BrNO2. The Labute approximate surface area is 148 Å². The number of carbonyl (C=O) groups is 1. The van der Waals surface area contributed by atoms with Crippen LogP contribution in [0, 0.1) is 5.92 Å². The molecule has 0 N–H and O–H groups in total. The van der Waals surface area contributed by atoms with Gasteiger partial charge in [0.1, 0.15) is 5.60 Å². The lowest BCUT2D eigenvalue weighted by atomic mass is 9.87. The summed E-state index contributed by atoms with van der Waals surface area (Å²) in [6.07, 6.45) is 2.65. The predicted octanol–water partition coefficient (Wildman–Crippen LogP) is 5.72. The van der Waals surface area contributed by atoms with E-state index >= 15 is 0 Å². The first kappa shape index (κ1) is 18.3. The number of carbonyl (C=O) groups excluding carboxylic acids is 1. The van der Waals surface area contributed by atoms with Crippen LogP contribution in [0.15, 0.2) is 16.6 Å². The van der Waals surface area contributed by atoms with Gasteiger partial charge < -0.3 is 4.74 Å². The maximum Gasteiger partial charge on any atom is 0.415 e. The molecule has 1 amide bonds. The summed E-state index contributed by atoms with van der Waals surface area (Å²) in [7, 11) is 0. The molecule has 4 heteroatoms. The molecule has 1 unspecified atom stereocenters. The van der Waals surface area contributed by atoms with E-state index in [1.54, 1.807) is 0 Å². The Morgan fingerprint density at radius 2 is 2.04 bits per heavy atom. The summed E-state index contributed by atoms with van der Waals surface area (Å²) in [6.45, 7) is 12.2. The van der Waals surface area contributed by atoms with Crippen LogP contribution in [0.3, 0.4) is 0 Å². The quantitative estimate of drug-likeness (QED) is 0.654. The minimum absolute atomic E-state index is 0.184. The van der Waals surface area contributed by atoms with Crippen molar-refractivity contribution in [2.45, 2.75) is 72.4 Å². The summed E-state index contributed by atoms with van der Waals surface area (Å²) >= 11 is 3.60. The van der Waals surface area contributed by atoms with Crippen LogP contribution >= 0.6 is 15.9 Å². The van der Waals surface area contributed by atoms with Gasteiger partial charge in [0.2, 0.25) is 0 Å². The van der Waals surface area contributed by atoms with Crippen molar-refractivity contribution < 1.29 is 9.53 Å². The Balaban J connectivity index is 2.53. The molecule has 3 nitrogen and oxygen atoms in total. The van der Waals surface area contributed by atoms with Crippen molar-refractivity contribution in [2.75, 3.05) is 4.90 Å². The molecule has 1 heterocycles. The fourth-order valence-corrected chi connectivity index (χ4v) is 3.81. The number of nitrogens with zero attached hydrogens (tertiary/aromatic N) is 1. The van der Waals surface area contributed by atoms with Crippen molar-refractivity contribution in [2.24, 2.45) is 5.92 Å². The van der Waals surface area contributed by atoms with Crippen LogP contribution in [-0.4, -0.2) is 17.7 Å². The lowest BCUT2D eigenvalue weighted by Gasteiger charge is -2.41. The predicted molar refractivity (Wildman–Crippen MR) is 99.2 cm³/mol. The Morgan fingerprint density at radius 1 is 1.39 bits per heavy atom. The number of halogens is 1. The van der Waals surface area contributed by atoms with Gasteiger partial charge in [-0.15, -0.1) is 0 Å². The SMILES string of the molecule is CCc1cc(Br)cc2c1N(C(=O)OC(C)(C)C)C(C(C)C)CC2. The van der Waals surface area contributed by atoms with Gasteiger partial charge in [-0.2, -0.15) is 0 Å². The first-order valence-corrected chi connectivity index (χ1v) is 9.26. The number of hydrogen-bond donors (Lipinski definition) is 0. The number of anilines is 1. The zero-order valence-electron chi connectivity index (χ0n) is 15.1. The zero-order chi connectivity index (χ0) is 17.4. The summed E-state index contributed by atoms with van der Waals surface area (Å²) < 4.78 is 6.80. The largest absolute Gasteiger partial charge is 0.443 e. The topological polar surface area (TPSA) is 29.5 Å². The molecule has 1 aromatic rings. The molecule has 0 spiro atoms. The van der Waals surface area contributed by atoms with Crippen molar-refractivity contribution in [3.63, 3.8) is 0 Å².